The van der Waals surface area contributed by atoms with Gasteiger partial charge in [0.1, 0.15) is 23.4 Å². The van der Waals surface area contributed by atoms with Crippen LogP contribution in [-0.2, 0) is 26.6 Å². The maximum absolute atomic E-state index is 5.98. The van der Waals surface area contributed by atoms with E-state index in [4.69, 9.17) is 14.5 Å². The number of ether oxygens (including phenoxy) is 2. The summed E-state index contributed by atoms with van der Waals surface area (Å²) < 4.78 is 13.9. The number of nitrogens with one attached hydrogen (secondary N) is 2. The molecule has 2 heterocycles. The van der Waals surface area contributed by atoms with Gasteiger partial charge in [0.15, 0.2) is 11.8 Å². The van der Waals surface area contributed by atoms with E-state index in [1.165, 1.54) is 37.7 Å². The minimum atomic E-state index is 0. The highest BCUT2D eigenvalue weighted by atomic mass is 127. The predicted octanol–water partition coefficient (Wildman–Crippen LogP) is 4.03. The predicted molar refractivity (Wildman–Crippen MR) is 141 cm³/mol. The van der Waals surface area contributed by atoms with Gasteiger partial charge in [0.25, 0.3) is 0 Å². The van der Waals surface area contributed by atoms with Gasteiger partial charge in [-0.05, 0) is 45.7 Å². The van der Waals surface area contributed by atoms with E-state index in [9.17, 15) is 0 Å². The lowest BCUT2D eigenvalue weighted by atomic mass is 9.96. The van der Waals surface area contributed by atoms with Gasteiger partial charge in [0.2, 0.25) is 0 Å². The summed E-state index contributed by atoms with van der Waals surface area (Å²) in [5.74, 6) is 4.43. The summed E-state index contributed by atoms with van der Waals surface area (Å²) in [6.07, 6.45) is 7.34. The molecule has 1 atom stereocenters. The second kappa shape index (κ2) is 11.9. The number of benzene rings is 1. The van der Waals surface area contributed by atoms with Gasteiger partial charge in [0.05, 0.1) is 19.7 Å². The second-order valence-electron chi connectivity index (χ2n) is 8.85. The molecule has 4 rings (SSSR count). The molecule has 2 aliphatic rings. The van der Waals surface area contributed by atoms with Gasteiger partial charge < -0.3 is 24.7 Å². The van der Waals surface area contributed by atoms with Crippen molar-refractivity contribution in [2.45, 2.75) is 84.5 Å². The summed E-state index contributed by atoms with van der Waals surface area (Å²) in [5, 5.41) is 15.5. The Hall–Kier alpha value is -2.04. The average molecular weight is 569 g/mol. The standard InChI is InChI=1S/C24H36N6O2.HI/c1-5-31-21-12-18-11-16(2)32-22(18)13-19(21)14-25-24(27-20-9-7-6-8-10-20)26-15-23-29-28-17(3)30(23)4;/h12-13,16,20H,5-11,14-15H2,1-4H3,(H2,25,26,27);1H. The van der Waals surface area contributed by atoms with Gasteiger partial charge in [-0.3, -0.25) is 0 Å². The first-order valence-electron chi connectivity index (χ1n) is 11.9. The maximum atomic E-state index is 5.98. The van der Waals surface area contributed by atoms with Crippen LogP contribution in [0.3, 0.4) is 0 Å². The van der Waals surface area contributed by atoms with Crippen LogP contribution in [0.2, 0.25) is 0 Å². The van der Waals surface area contributed by atoms with E-state index < -0.39 is 0 Å². The molecule has 2 aromatic rings. The maximum Gasteiger partial charge on any atom is 0.192 e. The minimum Gasteiger partial charge on any atom is -0.494 e. The van der Waals surface area contributed by atoms with E-state index in [0.29, 0.717) is 25.7 Å². The number of hydrogen-bond acceptors (Lipinski definition) is 5. The van der Waals surface area contributed by atoms with Crippen molar-refractivity contribution >= 4 is 29.9 Å². The molecule has 1 aliphatic heterocycles. The van der Waals surface area contributed by atoms with Crippen LogP contribution in [-0.4, -0.2) is 39.5 Å². The summed E-state index contributed by atoms with van der Waals surface area (Å²) in [6, 6.07) is 4.67. The number of aliphatic imine (C=N–C) groups is 1. The molecule has 8 nitrogen and oxygen atoms in total. The molecule has 1 aromatic carbocycles. The highest BCUT2D eigenvalue weighted by Crippen LogP contribution is 2.35. The van der Waals surface area contributed by atoms with Crippen molar-refractivity contribution in [3.05, 3.63) is 34.9 Å². The Morgan fingerprint density at radius 1 is 1.24 bits per heavy atom. The zero-order chi connectivity index (χ0) is 22.5. The van der Waals surface area contributed by atoms with Crippen LogP contribution in [0.1, 0.15) is 68.7 Å². The second-order valence-corrected chi connectivity index (χ2v) is 8.85. The van der Waals surface area contributed by atoms with Gasteiger partial charge >= 0.3 is 0 Å². The molecular weight excluding hydrogens is 531 g/mol. The van der Waals surface area contributed by atoms with E-state index in [0.717, 1.165) is 41.1 Å². The van der Waals surface area contributed by atoms with Gasteiger partial charge in [0, 0.05) is 30.6 Å². The molecule has 1 aromatic heterocycles. The van der Waals surface area contributed by atoms with Crippen LogP contribution in [0.15, 0.2) is 17.1 Å². The molecule has 1 saturated carbocycles. The Morgan fingerprint density at radius 2 is 2.03 bits per heavy atom. The van der Waals surface area contributed by atoms with Crippen LogP contribution in [0.25, 0.3) is 0 Å². The smallest absolute Gasteiger partial charge is 0.192 e. The first kappa shape index (κ1) is 25.6. The fourth-order valence-corrected chi connectivity index (χ4v) is 4.42. The van der Waals surface area contributed by atoms with E-state index >= 15 is 0 Å². The molecule has 0 amide bonds. The third-order valence-electron chi connectivity index (χ3n) is 6.33. The van der Waals surface area contributed by atoms with Crippen LogP contribution >= 0.6 is 24.0 Å². The van der Waals surface area contributed by atoms with Crippen molar-refractivity contribution in [1.82, 2.24) is 25.4 Å². The Balaban J connectivity index is 0.00000306. The Kier molecular flexibility index (Phi) is 9.22. The van der Waals surface area contributed by atoms with Gasteiger partial charge in [-0.1, -0.05) is 19.3 Å². The number of fused-ring (bicyclic) bond motifs is 1. The molecule has 1 aliphatic carbocycles. The van der Waals surface area contributed by atoms with Crippen LogP contribution in [0.4, 0.5) is 0 Å². The van der Waals surface area contributed by atoms with E-state index in [2.05, 4.69) is 39.9 Å². The number of rotatable bonds is 7. The Labute approximate surface area is 214 Å². The number of aryl methyl sites for hydroxylation is 1. The zero-order valence-electron chi connectivity index (χ0n) is 20.2. The van der Waals surface area contributed by atoms with Crippen molar-refractivity contribution in [1.29, 1.82) is 0 Å². The molecule has 0 radical (unpaired) electrons. The topological polar surface area (TPSA) is 85.6 Å². The van der Waals surface area contributed by atoms with Gasteiger partial charge in [-0.2, -0.15) is 0 Å². The zero-order valence-corrected chi connectivity index (χ0v) is 22.5. The molecule has 9 heteroatoms. The molecule has 1 fully saturated rings. The van der Waals surface area contributed by atoms with Crippen molar-refractivity contribution in [3.8, 4) is 11.5 Å². The summed E-state index contributed by atoms with van der Waals surface area (Å²) >= 11 is 0. The number of guanidine groups is 1. The van der Waals surface area contributed by atoms with Crippen molar-refractivity contribution in [3.63, 3.8) is 0 Å². The van der Waals surface area contributed by atoms with Crippen molar-refractivity contribution in [2.75, 3.05) is 6.61 Å². The van der Waals surface area contributed by atoms with Gasteiger partial charge in [-0.15, -0.1) is 34.2 Å². The lowest BCUT2D eigenvalue weighted by Crippen LogP contribution is -2.44. The SMILES string of the molecule is CCOc1cc2c(cc1CN=C(NCc1nnc(C)n1C)NC1CCCCC1)OC(C)C2.I. The fourth-order valence-electron chi connectivity index (χ4n) is 4.42. The summed E-state index contributed by atoms with van der Waals surface area (Å²) in [6.45, 7) is 7.78. The first-order valence-corrected chi connectivity index (χ1v) is 11.9. The molecule has 0 spiro atoms. The van der Waals surface area contributed by atoms with Crippen LogP contribution in [0.5, 0.6) is 11.5 Å². The van der Waals surface area contributed by atoms with Crippen molar-refractivity contribution < 1.29 is 9.47 Å². The first-order chi connectivity index (χ1) is 15.5. The molecule has 0 saturated heterocycles. The number of halogens is 1. The third-order valence-corrected chi connectivity index (χ3v) is 6.33. The third kappa shape index (κ3) is 6.51. The van der Waals surface area contributed by atoms with Crippen LogP contribution < -0.4 is 20.1 Å². The minimum absolute atomic E-state index is 0. The fraction of sp³-hybridized carbons (Fsp3) is 0.625. The molecule has 2 N–H and O–H groups in total. The monoisotopic (exact) mass is 568 g/mol. The molecule has 1 unspecified atom stereocenters. The highest BCUT2D eigenvalue weighted by Gasteiger charge is 2.22. The summed E-state index contributed by atoms with van der Waals surface area (Å²) in [4.78, 5) is 4.93. The van der Waals surface area contributed by atoms with E-state index in [1.54, 1.807) is 0 Å². The number of hydrogen-bond donors (Lipinski definition) is 2. The molecule has 33 heavy (non-hydrogen) atoms. The number of nitrogens with zero attached hydrogens (tertiary/aromatic N) is 4. The summed E-state index contributed by atoms with van der Waals surface area (Å²) in [7, 11) is 1.98. The average Bonchev–Trinajstić information content (AvgIpc) is 3.31. The molecule has 182 valence electrons. The Morgan fingerprint density at radius 3 is 2.73 bits per heavy atom. The molecular formula is C24H37IN6O2. The lowest BCUT2D eigenvalue weighted by Gasteiger charge is -2.25. The highest BCUT2D eigenvalue weighted by molar-refractivity contribution is 14.0. The van der Waals surface area contributed by atoms with E-state index in [1.807, 2.05) is 25.5 Å². The quantitative estimate of drug-likeness (QED) is 0.298. The molecule has 0 bridgehead atoms. The number of aromatic nitrogens is 3. The van der Waals surface area contributed by atoms with Crippen molar-refractivity contribution in [2.24, 2.45) is 12.0 Å². The normalized spacial score (nSPS) is 18.3. The summed E-state index contributed by atoms with van der Waals surface area (Å²) in [5.41, 5.74) is 2.25. The lowest BCUT2D eigenvalue weighted by molar-refractivity contribution is 0.254. The Bertz CT molecular complexity index is 955. The van der Waals surface area contributed by atoms with Gasteiger partial charge in [-0.25, -0.2) is 4.99 Å². The van der Waals surface area contributed by atoms with E-state index in [-0.39, 0.29) is 30.1 Å². The van der Waals surface area contributed by atoms with Crippen LogP contribution in [0, 0.1) is 6.92 Å². The largest absolute Gasteiger partial charge is 0.494 e.